The molecule has 0 heterocycles. The molecule has 0 fully saturated rings. The predicted octanol–water partition coefficient (Wildman–Crippen LogP) is 4.53. The lowest BCUT2D eigenvalue weighted by Crippen LogP contribution is -2.32. The SMILES string of the molecule is Cc1ccc(OCCNC(=O)COc2ccc(Cl)cc2Cl)cc1Cl. The molecule has 2 rings (SSSR count). The molecule has 128 valence electrons. The molecule has 2 aromatic carbocycles. The summed E-state index contributed by atoms with van der Waals surface area (Å²) in [4.78, 5) is 11.7. The smallest absolute Gasteiger partial charge is 0.258 e. The van der Waals surface area contributed by atoms with Gasteiger partial charge in [-0.25, -0.2) is 0 Å². The van der Waals surface area contributed by atoms with Crippen molar-refractivity contribution in [1.29, 1.82) is 0 Å². The summed E-state index contributed by atoms with van der Waals surface area (Å²) in [6.45, 7) is 2.45. The second-order valence-electron chi connectivity index (χ2n) is 4.97. The highest BCUT2D eigenvalue weighted by Gasteiger charge is 2.06. The predicted molar refractivity (Wildman–Crippen MR) is 96.7 cm³/mol. The zero-order valence-corrected chi connectivity index (χ0v) is 15.2. The molecule has 0 saturated carbocycles. The Morgan fingerprint density at radius 2 is 1.83 bits per heavy atom. The number of rotatable bonds is 7. The van der Waals surface area contributed by atoms with E-state index in [1.54, 1.807) is 24.3 Å². The Balaban J connectivity index is 1.68. The molecule has 0 aromatic heterocycles. The lowest BCUT2D eigenvalue weighted by atomic mass is 10.2. The maximum absolute atomic E-state index is 11.7. The molecule has 0 radical (unpaired) electrons. The maximum Gasteiger partial charge on any atom is 0.258 e. The van der Waals surface area contributed by atoms with Crippen molar-refractivity contribution in [3.05, 3.63) is 57.0 Å². The second-order valence-corrected chi connectivity index (χ2v) is 6.22. The molecule has 0 aliphatic rings. The van der Waals surface area contributed by atoms with Gasteiger partial charge in [0.1, 0.15) is 18.1 Å². The van der Waals surface area contributed by atoms with Crippen molar-refractivity contribution in [3.63, 3.8) is 0 Å². The van der Waals surface area contributed by atoms with Crippen molar-refractivity contribution in [2.24, 2.45) is 0 Å². The molecule has 1 N–H and O–H groups in total. The number of aryl methyl sites for hydroxylation is 1. The summed E-state index contributed by atoms with van der Waals surface area (Å²) in [5, 5.41) is 4.19. The highest BCUT2D eigenvalue weighted by molar-refractivity contribution is 6.35. The number of hydrogen-bond acceptors (Lipinski definition) is 3. The first-order chi connectivity index (χ1) is 11.5. The summed E-state index contributed by atoms with van der Waals surface area (Å²) in [6.07, 6.45) is 0. The van der Waals surface area contributed by atoms with Crippen LogP contribution in [0, 0.1) is 6.92 Å². The summed E-state index contributed by atoms with van der Waals surface area (Å²) in [5.74, 6) is 0.789. The summed E-state index contributed by atoms with van der Waals surface area (Å²) >= 11 is 17.8. The first-order valence-electron chi connectivity index (χ1n) is 7.19. The van der Waals surface area contributed by atoms with Gasteiger partial charge < -0.3 is 14.8 Å². The van der Waals surface area contributed by atoms with Crippen molar-refractivity contribution in [2.45, 2.75) is 6.92 Å². The fourth-order valence-corrected chi connectivity index (χ4v) is 2.44. The fourth-order valence-electron chi connectivity index (χ4n) is 1.81. The first-order valence-corrected chi connectivity index (χ1v) is 8.32. The van der Waals surface area contributed by atoms with Gasteiger partial charge in [-0.05, 0) is 42.8 Å². The molecule has 24 heavy (non-hydrogen) atoms. The molecule has 0 bridgehead atoms. The lowest BCUT2D eigenvalue weighted by Gasteiger charge is -2.10. The van der Waals surface area contributed by atoms with Crippen LogP contribution in [-0.4, -0.2) is 25.7 Å². The minimum absolute atomic E-state index is 0.141. The van der Waals surface area contributed by atoms with Crippen molar-refractivity contribution in [2.75, 3.05) is 19.8 Å². The Labute approximate surface area is 155 Å². The summed E-state index contributed by atoms with van der Waals surface area (Å²) in [7, 11) is 0. The van der Waals surface area contributed by atoms with E-state index in [4.69, 9.17) is 44.3 Å². The van der Waals surface area contributed by atoms with Gasteiger partial charge in [-0.3, -0.25) is 4.79 Å². The van der Waals surface area contributed by atoms with E-state index < -0.39 is 0 Å². The average molecular weight is 389 g/mol. The van der Waals surface area contributed by atoms with Crippen molar-refractivity contribution < 1.29 is 14.3 Å². The van der Waals surface area contributed by atoms with Gasteiger partial charge in [0, 0.05) is 10.0 Å². The van der Waals surface area contributed by atoms with Gasteiger partial charge in [-0.2, -0.15) is 0 Å². The largest absolute Gasteiger partial charge is 0.492 e. The van der Waals surface area contributed by atoms with Crippen LogP contribution in [0.5, 0.6) is 11.5 Å². The molecular formula is C17H16Cl3NO3. The number of carbonyl (C=O) groups excluding carboxylic acids is 1. The molecule has 1 amide bonds. The zero-order chi connectivity index (χ0) is 17.5. The molecule has 0 unspecified atom stereocenters. The third-order valence-electron chi connectivity index (χ3n) is 3.09. The summed E-state index contributed by atoms with van der Waals surface area (Å²) < 4.78 is 10.8. The normalized spacial score (nSPS) is 10.3. The Hall–Kier alpha value is -1.62. The molecule has 0 spiro atoms. The molecular weight excluding hydrogens is 373 g/mol. The molecule has 0 aliphatic heterocycles. The standard InChI is InChI=1S/C17H16Cl3NO3/c1-11-2-4-13(9-14(11)19)23-7-6-21-17(22)10-24-16-5-3-12(18)8-15(16)20/h2-5,8-9H,6-7,10H2,1H3,(H,21,22). The molecule has 2 aromatic rings. The molecule has 4 nitrogen and oxygen atoms in total. The van der Waals surface area contributed by atoms with Gasteiger partial charge in [-0.1, -0.05) is 40.9 Å². The number of carbonyl (C=O) groups is 1. The number of halogens is 3. The third-order valence-corrected chi connectivity index (χ3v) is 4.03. The quantitative estimate of drug-likeness (QED) is 0.709. The van der Waals surface area contributed by atoms with Crippen LogP contribution in [0.15, 0.2) is 36.4 Å². The van der Waals surface area contributed by atoms with Crippen molar-refractivity contribution in [3.8, 4) is 11.5 Å². The van der Waals surface area contributed by atoms with E-state index in [1.807, 2.05) is 19.1 Å². The molecule has 0 atom stereocenters. The second kappa shape index (κ2) is 9.02. The number of hydrogen-bond donors (Lipinski definition) is 1. The zero-order valence-electron chi connectivity index (χ0n) is 12.9. The van der Waals surface area contributed by atoms with Crippen LogP contribution in [0.3, 0.4) is 0 Å². The van der Waals surface area contributed by atoms with E-state index in [2.05, 4.69) is 5.32 Å². The monoisotopic (exact) mass is 387 g/mol. The van der Waals surface area contributed by atoms with E-state index in [0.29, 0.717) is 39.7 Å². The van der Waals surface area contributed by atoms with Gasteiger partial charge in [0.15, 0.2) is 6.61 Å². The molecule has 0 aliphatic carbocycles. The molecule has 0 saturated heterocycles. The Morgan fingerprint density at radius 3 is 2.54 bits per heavy atom. The number of ether oxygens (including phenoxy) is 2. The fraction of sp³-hybridized carbons (Fsp3) is 0.235. The van der Waals surface area contributed by atoms with Gasteiger partial charge in [-0.15, -0.1) is 0 Å². The first kappa shape index (κ1) is 18.7. The van der Waals surface area contributed by atoms with E-state index in [0.717, 1.165) is 5.56 Å². The van der Waals surface area contributed by atoms with E-state index in [1.165, 1.54) is 0 Å². The van der Waals surface area contributed by atoms with Gasteiger partial charge >= 0.3 is 0 Å². The minimum Gasteiger partial charge on any atom is -0.492 e. The van der Waals surface area contributed by atoms with Crippen LogP contribution in [0.2, 0.25) is 15.1 Å². The highest BCUT2D eigenvalue weighted by atomic mass is 35.5. The average Bonchev–Trinajstić information content (AvgIpc) is 2.54. The lowest BCUT2D eigenvalue weighted by molar-refractivity contribution is -0.123. The summed E-state index contributed by atoms with van der Waals surface area (Å²) in [5.41, 5.74) is 0.982. The van der Waals surface area contributed by atoms with Crippen LogP contribution in [0.25, 0.3) is 0 Å². The Bertz CT molecular complexity index is 722. The van der Waals surface area contributed by atoms with Crippen LogP contribution in [0.4, 0.5) is 0 Å². The maximum atomic E-state index is 11.7. The van der Waals surface area contributed by atoms with E-state index in [-0.39, 0.29) is 12.5 Å². The van der Waals surface area contributed by atoms with Crippen LogP contribution in [0.1, 0.15) is 5.56 Å². The minimum atomic E-state index is -0.272. The molecule has 7 heteroatoms. The van der Waals surface area contributed by atoms with Gasteiger partial charge in [0.25, 0.3) is 5.91 Å². The van der Waals surface area contributed by atoms with Crippen molar-refractivity contribution >= 4 is 40.7 Å². The van der Waals surface area contributed by atoms with Crippen LogP contribution in [-0.2, 0) is 4.79 Å². The highest BCUT2D eigenvalue weighted by Crippen LogP contribution is 2.27. The Kier molecular flexibility index (Phi) is 7.03. The number of nitrogens with one attached hydrogen (secondary N) is 1. The van der Waals surface area contributed by atoms with E-state index >= 15 is 0 Å². The van der Waals surface area contributed by atoms with Gasteiger partial charge in [0.05, 0.1) is 11.6 Å². The van der Waals surface area contributed by atoms with Crippen molar-refractivity contribution in [1.82, 2.24) is 5.32 Å². The third kappa shape index (κ3) is 5.78. The van der Waals surface area contributed by atoms with E-state index in [9.17, 15) is 4.79 Å². The number of benzene rings is 2. The number of amides is 1. The summed E-state index contributed by atoms with van der Waals surface area (Å²) in [6, 6.07) is 10.2. The van der Waals surface area contributed by atoms with Gasteiger partial charge in [0.2, 0.25) is 0 Å². The topological polar surface area (TPSA) is 47.6 Å². The van der Waals surface area contributed by atoms with Crippen LogP contribution >= 0.6 is 34.8 Å². The van der Waals surface area contributed by atoms with Crippen LogP contribution < -0.4 is 14.8 Å². The Morgan fingerprint density at radius 1 is 1.04 bits per heavy atom.